The van der Waals surface area contributed by atoms with Gasteiger partial charge in [-0.15, -0.1) is 0 Å². The zero-order chi connectivity index (χ0) is 13.9. The zero-order valence-electron chi connectivity index (χ0n) is 10.3. The zero-order valence-corrected chi connectivity index (χ0v) is 10.3. The van der Waals surface area contributed by atoms with Crippen molar-refractivity contribution >= 4 is 5.91 Å². The summed E-state index contributed by atoms with van der Waals surface area (Å²) in [7, 11) is 0. The number of nitrogens with zero attached hydrogens (tertiary/aromatic N) is 1. The van der Waals surface area contributed by atoms with Gasteiger partial charge in [0.25, 0.3) is 0 Å². The number of carbonyl (C=O) groups is 1. The molecule has 0 aliphatic carbocycles. The second-order valence-corrected chi connectivity index (χ2v) is 4.69. The van der Waals surface area contributed by atoms with Gasteiger partial charge in [0.15, 0.2) is 0 Å². The number of rotatable bonds is 4. The number of hydrogen-bond donors (Lipinski definition) is 1. The smallest absolute Gasteiger partial charge is 0.351 e. The minimum absolute atomic E-state index is 0.0272. The van der Waals surface area contributed by atoms with Crippen LogP contribution in [-0.2, 0) is 11.3 Å². The quantitative estimate of drug-likeness (QED) is 0.906. The Morgan fingerprint density at radius 1 is 1.26 bits per heavy atom. The SMILES string of the molecule is O=C(CN1CC(C(F)(F)F)C1)NCc1ccccc1. The van der Waals surface area contributed by atoms with Crippen LogP contribution in [0, 0.1) is 5.92 Å². The van der Waals surface area contributed by atoms with Crippen LogP contribution in [-0.4, -0.2) is 36.6 Å². The Bertz CT molecular complexity index is 427. The van der Waals surface area contributed by atoms with Crippen LogP contribution in [0.2, 0.25) is 0 Å². The molecule has 0 bridgehead atoms. The maximum Gasteiger partial charge on any atom is 0.394 e. The molecule has 1 saturated heterocycles. The van der Waals surface area contributed by atoms with E-state index in [1.807, 2.05) is 30.3 Å². The lowest BCUT2D eigenvalue weighted by atomic mass is 10.00. The Morgan fingerprint density at radius 3 is 2.47 bits per heavy atom. The van der Waals surface area contributed by atoms with Crippen molar-refractivity contribution in [1.29, 1.82) is 0 Å². The van der Waals surface area contributed by atoms with E-state index in [2.05, 4.69) is 5.32 Å². The van der Waals surface area contributed by atoms with Gasteiger partial charge < -0.3 is 5.32 Å². The molecule has 19 heavy (non-hydrogen) atoms. The fourth-order valence-corrected chi connectivity index (χ4v) is 1.96. The third kappa shape index (κ3) is 3.96. The second-order valence-electron chi connectivity index (χ2n) is 4.69. The van der Waals surface area contributed by atoms with Gasteiger partial charge in [0, 0.05) is 19.6 Å². The monoisotopic (exact) mass is 272 g/mol. The summed E-state index contributed by atoms with van der Waals surface area (Å²) in [4.78, 5) is 13.0. The molecule has 6 heteroatoms. The lowest BCUT2D eigenvalue weighted by Gasteiger charge is -2.39. The number of halogens is 3. The van der Waals surface area contributed by atoms with E-state index in [9.17, 15) is 18.0 Å². The molecular formula is C13H15F3N2O. The third-order valence-electron chi connectivity index (χ3n) is 3.12. The highest BCUT2D eigenvalue weighted by Gasteiger charge is 2.47. The fraction of sp³-hybridized carbons (Fsp3) is 0.462. The van der Waals surface area contributed by atoms with E-state index < -0.39 is 12.1 Å². The fourth-order valence-electron chi connectivity index (χ4n) is 1.96. The predicted molar refractivity (Wildman–Crippen MR) is 64.3 cm³/mol. The molecule has 0 aromatic heterocycles. The lowest BCUT2D eigenvalue weighted by molar-refractivity contribution is -0.209. The molecule has 1 aliphatic rings. The summed E-state index contributed by atoms with van der Waals surface area (Å²) in [6.07, 6.45) is -4.14. The van der Waals surface area contributed by atoms with Gasteiger partial charge >= 0.3 is 6.18 Å². The van der Waals surface area contributed by atoms with Crippen LogP contribution in [0.15, 0.2) is 30.3 Å². The van der Waals surface area contributed by atoms with Crippen LogP contribution in [0.5, 0.6) is 0 Å². The summed E-state index contributed by atoms with van der Waals surface area (Å²) in [5.41, 5.74) is 0.965. The first-order chi connectivity index (χ1) is 8.95. The molecule has 3 nitrogen and oxygen atoms in total. The number of amides is 1. The molecule has 0 atom stereocenters. The van der Waals surface area contributed by atoms with Gasteiger partial charge in [-0.2, -0.15) is 13.2 Å². The van der Waals surface area contributed by atoms with Crippen molar-refractivity contribution in [1.82, 2.24) is 10.2 Å². The molecule has 0 spiro atoms. The van der Waals surface area contributed by atoms with E-state index in [4.69, 9.17) is 0 Å². The van der Waals surface area contributed by atoms with E-state index in [0.717, 1.165) is 5.56 Å². The van der Waals surface area contributed by atoms with Crippen LogP contribution >= 0.6 is 0 Å². The Balaban J connectivity index is 1.67. The molecule has 1 N–H and O–H groups in total. The van der Waals surface area contributed by atoms with Gasteiger partial charge in [0.2, 0.25) is 5.91 Å². The highest BCUT2D eigenvalue weighted by atomic mass is 19.4. The van der Waals surface area contributed by atoms with E-state index in [-0.39, 0.29) is 25.5 Å². The number of alkyl halides is 3. The average Bonchev–Trinajstić information content (AvgIpc) is 2.30. The molecule has 0 saturated carbocycles. The van der Waals surface area contributed by atoms with Crippen LogP contribution in [0.3, 0.4) is 0 Å². The van der Waals surface area contributed by atoms with Crippen LogP contribution in [0.25, 0.3) is 0 Å². The van der Waals surface area contributed by atoms with Gasteiger partial charge in [0.05, 0.1) is 12.5 Å². The molecule has 2 rings (SSSR count). The summed E-state index contributed by atoms with van der Waals surface area (Å²) in [5, 5.41) is 2.69. The summed E-state index contributed by atoms with van der Waals surface area (Å²) in [6, 6.07) is 9.37. The molecular weight excluding hydrogens is 257 g/mol. The van der Waals surface area contributed by atoms with E-state index in [0.29, 0.717) is 6.54 Å². The topological polar surface area (TPSA) is 32.3 Å². The van der Waals surface area contributed by atoms with Gasteiger partial charge in [-0.05, 0) is 5.56 Å². The molecule has 1 fully saturated rings. The Labute approximate surface area is 109 Å². The first-order valence-electron chi connectivity index (χ1n) is 6.05. The summed E-state index contributed by atoms with van der Waals surface area (Å²) < 4.78 is 36.8. The first kappa shape index (κ1) is 13.9. The minimum Gasteiger partial charge on any atom is -0.351 e. The molecule has 1 aromatic carbocycles. The molecule has 1 amide bonds. The Hall–Kier alpha value is -1.56. The van der Waals surface area contributed by atoms with Crippen molar-refractivity contribution in [3.63, 3.8) is 0 Å². The maximum absolute atomic E-state index is 12.3. The summed E-state index contributed by atoms with van der Waals surface area (Å²) >= 11 is 0. The highest BCUT2D eigenvalue weighted by Crippen LogP contribution is 2.32. The van der Waals surface area contributed by atoms with Crippen LogP contribution < -0.4 is 5.32 Å². The number of nitrogens with one attached hydrogen (secondary N) is 1. The lowest BCUT2D eigenvalue weighted by Crippen LogP contribution is -2.55. The van der Waals surface area contributed by atoms with Crippen molar-refractivity contribution in [2.75, 3.05) is 19.6 Å². The molecule has 0 unspecified atom stereocenters. The molecule has 1 aliphatic heterocycles. The first-order valence-corrected chi connectivity index (χ1v) is 6.05. The molecule has 1 aromatic rings. The van der Waals surface area contributed by atoms with E-state index in [1.165, 1.54) is 4.90 Å². The van der Waals surface area contributed by atoms with Crippen molar-refractivity contribution in [3.8, 4) is 0 Å². The van der Waals surface area contributed by atoms with Crippen molar-refractivity contribution in [2.45, 2.75) is 12.7 Å². The number of carbonyl (C=O) groups excluding carboxylic acids is 1. The minimum atomic E-state index is -4.14. The molecule has 104 valence electrons. The van der Waals surface area contributed by atoms with Gasteiger partial charge in [-0.25, -0.2) is 0 Å². The normalized spacial score (nSPS) is 17.0. The summed E-state index contributed by atoms with van der Waals surface area (Å²) in [5.74, 6) is -1.53. The number of likely N-dealkylation sites (tertiary alicyclic amines) is 1. The van der Waals surface area contributed by atoms with Crippen LogP contribution in [0.1, 0.15) is 5.56 Å². The highest BCUT2D eigenvalue weighted by molar-refractivity contribution is 5.78. The predicted octanol–water partition coefficient (Wildman–Crippen LogP) is 1.80. The van der Waals surface area contributed by atoms with Crippen LogP contribution in [0.4, 0.5) is 13.2 Å². The van der Waals surface area contributed by atoms with E-state index >= 15 is 0 Å². The third-order valence-corrected chi connectivity index (χ3v) is 3.12. The van der Waals surface area contributed by atoms with Crippen molar-refractivity contribution in [3.05, 3.63) is 35.9 Å². The Kier molecular flexibility index (Phi) is 4.09. The Morgan fingerprint density at radius 2 is 1.89 bits per heavy atom. The van der Waals surface area contributed by atoms with Gasteiger partial charge in [-0.1, -0.05) is 30.3 Å². The van der Waals surface area contributed by atoms with Crippen molar-refractivity contribution in [2.24, 2.45) is 5.92 Å². The van der Waals surface area contributed by atoms with Gasteiger partial charge in [0.1, 0.15) is 0 Å². The van der Waals surface area contributed by atoms with E-state index in [1.54, 1.807) is 0 Å². The van der Waals surface area contributed by atoms with Crippen molar-refractivity contribution < 1.29 is 18.0 Å². The molecule has 1 heterocycles. The maximum atomic E-state index is 12.3. The average molecular weight is 272 g/mol. The number of hydrogen-bond acceptors (Lipinski definition) is 2. The standard InChI is InChI=1S/C13H15F3N2O/c14-13(15,16)11-7-18(8-11)9-12(19)17-6-10-4-2-1-3-5-10/h1-5,11H,6-9H2,(H,17,19). The van der Waals surface area contributed by atoms with Gasteiger partial charge in [-0.3, -0.25) is 9.69 Å². The summed E-state index contributed by atoms with van der Waals surface area (Å²) in [6.45, 7) is 0.264. The molecule has 0 radical (unpaired) electrons. The second kappa shape index (κ2) is 5.61. The largest absolute Gasteiger partial charge is 0.394 e. The number of benzene rings is 1.